The Kier molecular flexibility index (Phi) is 8.63. The van der Waals surface area contributed by atoms with Crippen LogP contribution in [0, 0.1) is 5.41 Å². The van der Waals surface area contributed by atoms with E-state index in [2.05, 4.69) is 0 Å². The molecule has 0 radical (unpaired) electrons. The number of hydrogen-bond acceptors (Lipinski definition) is 12. The number of fused-ring (bicyclic) bond motifs is 2. The first-order valence-corrected chi connectivity index (χ1v) is 16.6. The summed E-state index contributed by atoms with van der Waals surface area (Å²) in [4.78, 5) is 53.6. The third-order valence-electron chi connectivity index (χ3n) is 7.36. The average Bonchev–Trinajstić information content (AvgIpc) is 3.30. The summed E-state index contributed by atoms with van der Waals surface area (Å²) in [6.45, 7) is 0.00826. The van der Waals surface area contributed by atoms with Gasteiger partial charge in [0.05, 0.1) is 11.0 Å². The number of hydrogen-bond donors (Lipinski definition) is 4. The van der Waals surface area contributed by atoms with Crippen molar-refractivity contribution in [2.45, 2.75) is 35.5 Å². The lowest BCUT2D eigenvalue weighted by molar-refractivity contribution is -0.197. The molecule has 3 amide bonds. The highest BCUT2D eigenvalue weighted by Crippen LogP contribution is 2.45. The third-order valence-corrected chi connectivity index (χ3v) is 9.22. The fourth-order valence-corrected chi connectivity index (χ4v) is 6.74. The Morgan fingerprint density at radius 3 is 2.23 bits per heavy atom. The van der Waals surface area contributed by atoms with E-state index in [9.17, 15) is 45.1 Å². The average molecular weight is 687 g/mol. The highest BCUT2D eigenvalue weighted by Gasteiger charge is 2.34. The van der Waals surface area contributed by atoms with Gasteiger partial charge in [-0.1, -0.05) is 18.2 Å². The largest absolute Gasteiger partial charge is 0.453 e. The van der Waals surface area contributed by atoms with Gasteiger partial charge in [0.1, 0.15) is 0 Å². The Balaban J connectivity index is 1.59. The lowest BCUT2D eigenvalue weighted by atomic mass is 9.90. The molecule has 1 aliphatic carbocycles. The van der Waals surface area contributed by atoms with Crippen molar-refractivity contribution in [2.24, 2.45) is 0 Å². The topological polar surface area (TPSA) is 256 Å². The van der Waals surface area contributed by atoms with Gasteiger partial charge in [0.2, 0.25) is 0 Å². The molecule has 16 nitrogen and oxygen atoms in total. The van der Waals surface area contributed by atoms with Crippen molar-refractivity contribution in [1.29, 1.82) is 5.41 Å². The summed E-state index contributed by atoms with van der Waals surface area (Å²) in [6.07, 6.45) is -0.278. The molecule has 2 aromatic carbocycles. The molecule has 0 saturated carbocycles. The van der Waals surface area contributed by atoms with Crippen LogP contribution in [0.15, 0.2) is 62.7 Å². The highest BCUT2D eigenvalue weighted by molar-refractivity contribution is 7.86. The van der Waals surface area contributed by atoms with Crippen molar-refractivity contribution in [1.82, 2.24) is 9.96 Å². The molecule has 5 rings (SSSR count). The van der Waals surface area contributed by atoms with Gasteiger partial charge in [0.15, 0.2) is 21.1 Å². The fourth-order valence-electron chi connectivity index (χ4n) is 5.26. The van der Waals surface area contributed by atoms with E-state index in [4.69, 9.17) is 20.4 Å². The van der Waals surface area contributed by atoms with Gasteiger partial charge in [-0.15, -0.1) is 5.06 Å². The second-order valence-corrected chi connectivity index (χ2v) is 13.2. The predicted molar refractivity (Wildman–Crippen MR) is 162 cm³/mol. The molecule has 2 aliphatic heterocycles. The first kappa shape index (κ1) is 33.2. The summed E-state index contributed by atoms with van der Waals surface area (Å²) in [5.74, 6) is -3.33. The summed E-state index contributed by atoms with van der Waals surface area (Å²) in [7, 11) is -8.78. The number of rotatable bonds is 9. The van der Waals surface area contributed by atoms with Crippen molar-refractivity contribution >= 4 is 60.6 Å². The summed E-state index contributed by atoms with van der Waals surface area (Å²) >= 11 is 0. The number of carbonyl (C=O) groups is 4. The molecule has 18 heteroatoms. The maximum absolute atomic E-state index is 13.8. The SMILES string of the molecule is CN(CCCC(=O)ON1C(=O)CCC1=O)C(=O)c1ccccc1-c1c2ccc(=N)c(S(=O)(=O)O)c-2oc2c(S(=O)(=O)O)c(N)ccc12. The number of nitrogens with one attached hydrogen (secondary N) is 1. The standard InChI is InChI=1S/C29H26N4O12S2/c1-32(14-4-7-23(36)45-33-21(34)12-13-22(33)35)29(37)16-6-3-2-5-15(16)24-17-8-10-19(30)27(46(38,39)40)25(17)44-26-18(24)9-11-20(31)28(26)47(41,42)43/h2-3,5-6,8-11,30H,4,7,12-14,31H2,1H3,(H,38,39,40)(H,41,42,43). The summed E-state index contributed by atoms with van der Waals surface area (Å²) in [5, 5.41) is 7.85. The van der Waals surface area contributed by atoms with Gasteiger partial charge in [-0.05, 0) is 42.3 Å². The van der Waals surface area contributed by atoms with Gasteiger partial charge in [0, 0.05) is 54.9 Å². The van der Waals surface area contributed by atoms with E-state index in [-0.39, 0.29) is 59.9 Å². The molecule has 47 heavy (non-hydrogen) atoms. The minimum absolute atomic E-state index is 0.00826. The Morgan fingerprint density at radius 1 is 0.957 bits per heavy atom. The Hall–Kier alpha value is -5.17. The van der Waals surface area contributed by atoms with Crippen LogP contribution in [-0.2, 0) is 39.5 Å². The zero-order valence-electron chi connectivity index (χ0n) is 24.4. The molecule has 3 aliphatic rings. The second kappa shape index (κ2) is 12.2. The van der Waals surface area contributed by atoms with E-state index in [1.54, 1.807) is 6.07 Å². The van der Waals surface area contributed by atoms with Crippen LogP contribution in [0.5, 0.6) is 0 Å². The Morgan fingerprint density at radius 2 is 1.60 bits per heavy atom. The molecule has 2 aromatic rings. The molecule has 1 saturated heterocycles. The zero-order chi connectivity index (χ0) is 34.4. The summed E-state index contributed by atoms with van der Waals surface area (Å²) in [5.41, 5.74) is 5.01. The van der Waals surface area contributed by atoms with E-state index < -0.39 is 76.1 Å². The van der Waals surface area contributed by atoms with Crippen LogP contribution in [0.4, 0.5) is 5.69 Å². The van der Waals surface area contributed by atoms with Crippen LogP contribution in [-0.4, -0.2) is 73.2 Å². The number of hydroxylamine groups is 2. The van der Waals surface area contributed by atoms with E-state index >= 15 is 0 Å². The molecule has 0 aromatic heterocycles. The van der Waals surface area contributed by atoms with E-state index in [0.29, 0.717) is 5.06 Å². The van der Waals surface area contributed by atoms with Gasteiger partial charge < -0.3 is 19.9 Å². The van der Waals surface area contributed by atoms with Crippen molar-refractivity contribution in [2.75, 3.05) is 19.3 Å². The van der Waals surface area contributed by atoms with Crippen LogP contribution < -0.4 is 11.1 Å². The van der Waals surface area contributed by atoms with Crippen molar-refractivity contribution in [3.8, 4) is 22.5 Å². The third kappa shape index (κ3) is 6.30. The number of benzene rings is 3. The quantitative estimate of drug-likeness (QED) is 0.0853. The number of nitrogens with zero attached hydrogens (tertiary/aromatic N) is 2. The minimum atomic E-state index is -5.13. The molecule has 2 heterocycles. The molecular weight excluding hydrogens is 660 g/mol. The number of nitrogens with two attached hydrogens (primary N) is 1. The predicted octanol–water partition coefficient (Wildman–Crippen LogP) is 2.22. The van der Waals surface area contributed by atoms with Crippen molar-refractivity contribution in [3.05, 3.63) is 59.5 Å². The van der Waals surface area contributed by atoms with Gasteiger partial charge in [0.25, 0.3) is 38.0 Å². The van der Waals surface area contributed by atoms with Gasteiger partial charge in [-0.25, -0.2) is 4.79 Å². The molecule has 5 N–H and O–H groups in total. The van der Waals surface area contributed by atoms with Crippen LogP contribution in [0.2, 0.25) is 0 Å². The van der Waals surface area contributed by atoms with Gasteiger partial charge in [-0.2, -0.15) is 16.8 Å². The lowest BCUT2D eigenvalue weighted by Crippen LogP contribution is -2.32. The fraction of sp³-hybridized carbons (Fsp3) is 0.207. The molecule has 0 atom stereocenters. The van der Waals surface area contributed by atoms with E-state index in [0.717, 1.165) is 12.1 Å². The lowest BCUT2D eigenvalue weighted by Gasteiger charge is -2.22. The summed E-state index contributed by atoms with van der Waals surface area (Å²) < 4.78 is 75.4. The number of carbonyl (C=O) groups excluding carboxylic acids is 4. The second-order valence-electron chi connectivity index (χ2n) is 10.5. The van der Waals surface area contributed by atoms with E-state index in [1.165, 1.54) is 42.3 Å². The molecular formula is C29H26N4O12S2. The van der Waals surface area contributed by atoms with Crippen molar-refractivity contribution in [3.63, 3.8) is 0 Å². The van der Waals surface area contributed by atoms with E-state index in [1.807, 2.05) is 0 Å². The number of nitrogen functional groups attached to an aromatic ring is 1. The zero-order valence-corrected chi connectivity index (χ0v) is 26.1. The maximum Gasteiger partial charge on any atom is 0.333 e. The number of imide groups is 1. The minimum Gasteiger partial charge on any atom is -0.453 e. The molecule has 0 bridgehead atoms. The Labute approximate surface area is 266 Å². The molecule has 0 unspecified atom stereocenters. The first-order chi connectivity index (χ1) is 22.0. The monoisotopic (exact) mass is 686 g/mol. The molecule has 1 fully saturated rings. The normalized spacial score (nSPS) is 13.8. The van der Waals surface area contributed by atoms with Gasteiger partial charge in [-0.3, -0.25) is 28.9 Å². The van der Waals surface area contributed by atoms with Gasteiger partial charge >= 0.3 is 5.97 Å². The summed E-state index contributed by atoms with van der Waals surface area (Å²) in [6, 6.07) is 10.9. The maximum atomic E-state index is 13.8. The van der Waals surface area contributed by atoms with Crippen LogP contribution in [0.3, 0.4) is 0 Å². The highest BCUT2D eigenvalue weighted by atomic mass is 32.2. The first-order valence-electron chi connectivity index (χ1n) is 13.7. The van der Waals surface area contributed by atoms with Crippen molar-refractivity contribution < 1.29 is 54.4 Å². The molecule has 246 valence electrons. The van der Waals surface area contributed by atoms with Crippen LogP contribution in [0.1, 0.15) is 36.0 Å². The van der Waals surface area contributed by atoms with Crippen LogP contribution >= 0.6 is 0 Å². The Bertz CT molecular complexity index is 2230. The number of anilines is 1. The smallest absolute Gasteiger partial charge is 0.333 e. The number of amides is 3. The van der Waals surface area contributed by atoms with Crippen LogP contribution in [0.25, 0.3) is 33.4 Å². The molecule has 0 spiro atoms.